The van der Waals surface area contributed by atoms with Crippen molar-refractivity contribution in [3.8, 4) is 11.4 Å². The third-order valence-electron chi connectivity index (χ3n) is 3.22. The Labute approximate surface area is 153 Å². The maximum atomic E-state index is 12.6. The maximum Gasteiger partial charge on any atom is 0.265 e. The Hall–Kier alpha value is -2.29. The summed E-state index contributed by atoms with van der Waals surface area (Å²) in [5, 5.41) is 18.1. The Morgan fingerprint density at radius 1 is 1.20 bits per heavy atom. The van der Waals surface area contributed by atoms with Crippen LogP contribution >= 0.6 is 23.2 Å². The Morgan fingerprint density at radius 3 is 2.64 bits per heavy atom. The first kappa shape index (κ1) is 17.5. The summed E-state index contributed by atoms with van der Waals surface area (Å²) < 4.78 is 27.5. The quantitative estimate of drug-likeness (QED) is 0.701. The van der Waals surface area contributed by atoms with Gasteiger partial charge in [0.05, 0.1) is 28.3 Å². The average Bonchev–Trinajstić information content (AvgIpc) is 2.97. The van der Waals surface area contributed by atoms with Crippen LogP contribution in [0.3, 0.4) is 0 Å². The fourth-order valence-electron chi connectivity index (χ4n) is 2.11. The molecule has 0 saturated heterocycles. The third kappa shape index (κ3) is 3.71. The van der Waals surface area contributed by atoms with Gasteiger partial charge in [-0.3, -0.25) is 4.72 Å². The van der Waals surface area contributed by atoms with E-state index in [-0.39, 0.29) is 15.7 Å². The zero-order valence-corrected chi connectivity index (χ0v) is 15.1. The van der Waals surface area contributed by atoms with Gasteiger partial charge in [0, 0.05) is 5.02 Å². The number of aromatic hydroxyl groups is 1. The lowest BCUT2D eigenvalue weighted by molar-refractivity contribution is 0.459. The number of anilines is 1. The minimum Gasteiger partial charge on any atom is -0.505 e. The van der Waals surface area contributed by atoms with Crippen molar-refractivity contribution in [2.45, 2.75) is 11.8 Å². The van der Waals surface area contributed by atoms with Crippen LogP contribution in [0, 0.1) is 6.92 Å². The molecule has 0 bridgehead atoms. The van der Waals surface area contributed by atoms with Crippen LogP contribution in [-0.4, -0.2) is 28.5 Å². The zero-order chi connectivity index (χ0) is 18.2. The van der Waals surface area contributed by atoms with E-state index >= 15 is 0 Å². The van der Waals surface area contributed by atoms with E-state index in [9.17, 15) is 13.5 Å². The molecule has 130 valence electrons. The number of nitrogens with zero attached hydrogens (tertiary/aromatic N) is 3. The molecule has 0 aliphatic heterocycles. The third-order valence-corrected chi connectivity index (χ3v) is 5.12. The number of aryl methyl sites for hydroxylation is 1. The molecule has 0 aliphatic carbocycles. The molecular weight excluding hydrogens is 387 g/mol. The van der Waals surface area contributed by atoms with Crippen LogP contribution in [0.15, 0.2) is 47.5 Å². The van der Waals surface area contributed by atoms with Crippen LogP contribution in [0.5, 0.6) is 5.75 Å². The Bertz CT molecular complexity index is 1050. The number of halogens is 2. The van der Waals surface area contributed by atoms with E-state index < -0.39 is 20.7 Å². The van der Waals surface area contributed by atoms with Gasteiger partial charge in [-0.15, -0.1) is 0 Å². The smallest absolute Gasteiger partial charge is 0.265 e. The second-order valence-electron chi connectivity index (χ2n) is 5.17. The van der Waals surface area contributed by atoms with Crippen LogP contribution in [0.2, 0.25) is 10.0 Å². The van der Waals surface area contributed by atoms with E-state index in [1.165, 1.54) is 10.9 Å². The minimum atomic E-state index is -4.10. The number of hydrogen-bond acceptors (Lipinski definition) is 5. The minimum absolute atomic E-state index is 0.0909. The van der Waals surface area contributed by atoms with Gasteiger partial charge in [-0.25, -0.2) is 8.42 Å². The number of rotatable bonds is 4. The molecule has 0 saturated carbocycles. The summed E-state index contributed by atoms with van der Waals surface area (Å²) in [7, 11) is -4.10. The molecule has 25 heavy (non-hydrogen) atoms. The van der Waals surface area contributed by atoms with Crippen molar-refractivity contribution in [3.63, 3.8) is 0 Å². The Balaban J connectivity index is 1.97. The normalized spacial score (nSPS) is 11.5. The van der Waals surface area contributed by atoms with Crippen LogP contribution < -0.4 is 4.72 Å². The number of phenols is 1. The van der Waals surface area contributed by atoms with Gasteiger partial charge in [-0.05, 0) is 37.3 Å². The van der Waals surface area contributed by atoms with Gasteiger partial charge in [-0.1, -0.05) is 29.3 Å². The van der Waals surface area contributed by atoms with Gasteiger partial charge in [0.1, 0.15) is 4.90 Å². The van der Waals surface area contributed by atoms with Gasteiger partial charge < -0.3 is 5.11 Å². The molecule has 0 atom stereocenters. The summed E-state index contributed by atoms with van der Waals surface area (Å²) in [5.41, 5.74) is 1.56. The summed E-state index contributed by atoms with van der Waals surface area (Å²) in [4.78, 5) is 0.962. The molecule has 1 heterocycles. The molecule has 0 radical (unpaired) electrons. The van der Waals surface area contributed by atoms with Crippen LogP contribution in [0.25, 0.3) is 5.69 Å². The molecule has 3 aromatic rings. The maximum absolute atomic E-state index is 12.6. The van der Waals surface area contributed by atoms with Gasteiger partial charge in [0.25, 0.3) is 10.0 Å². The van der Waals surface area contributed by atoms with E-state index in [1.54, 1.807) is 37.4 Å². The van der Waals surface area contributed by atoms with Crippen LogP contribution in [0.1, 0.15) is 5.69 Å². The fourth-order valence-corrected chi connectivity index (χ4v) is 3.92. The second-order valence-corrected chi connectivity index (χ2v) is 7.66. The summed E-state index contributed by atoms with van der Waals surface area (Å²) in [5.74, 6) is -0.570. The molecule has 0 amide bonds. The van der Waals surface area contributed by atoms with Gasteiger partial charge in [0.15, 0.2) is 5.75 Å². The average molecular weight is 399 g/mol. The summed E-state index contributed by atoms with van der Waals surface area (Å²) in [6.07, 6.45) is 1.59. The molecule has 0 unspecified atom stereocenters. The fraction of sp³-hybridized carbons (Fsp3) is 0.0667. The first-order chi connectivity index (χ1) is 11.8. The number of phenolic OH excluding ortho intramolecular Hbond substituents is 1. The highest BCUT2D eigenvalue weighted by molar-refractivity contribution is 7.92. The highest BCUT2D eigenvalue weighted by Crippen LogP contribution is 2.35. The first-order valence-electron chi connectivity index (χ1n) is 6.96. The number of aromatic nitrogens is 3. The van der Waals surface area contributed by atoms with E-state index in [4.69, 9.17) is 23.2 Å². The molecule has 2 N–H and O–H groups in total. The molecule has 0 spiro atoms. The number of hydrogen-bond donors (Lipinski definition) is 2. The topological polar surface area (TPSA) is 97.1 Å². The lowest BCUT2D eigenvalue weighted by Crippen LogP contribution is -2.13. The van der Waals surface area contributed by atoms with Crippen molar-refractivity contribution < 1.29 is 13.5 Å². The van der Waals surface area contributed by atoms with Gasteiger partial charge >= 0.3 is 0 Å². The number of benzene rings is 2. The highest BCUT2D eigenvalue weighted by atomic mass is 35.5. The Kier molecular flexibility index (Phi) is 4.59. The molecule has 0 fully saturated rings. The van der Waals surface area contributed by atoms with E-state index in [1.807, 2.05) is 0 Å². The van der Waals surface area contributed by atoms with Crippen molar-refractivity contribution in [3.05, 3.63) is 58.3 Å². The molecule has 2 aromatic carbocycles. The van der Waals surface area contributed by atoms with Gasteiger partial charge in [-0.2, -0.15) is 15.0 Å². The largest absolute Gasteiger partial charge is 0.505 e. The second kappa shape index (κ2) is 6.55. The number of sulfonamides is 1. The zero-order valence-electron chi connectivity index (χ0n) is 12.8. The summed E-state index contributed by atoms with van der Waals surface area (Å²) in [6, 6.07) is 8.86. The Morgan fingerprint density at radius 2 is 1.96 bits per heavy atom. The van der Waals surface area contributed by atoms with Crippen molar-refractivity contribution >= 4 is 38.9 Å². The van der Waals surface area contributed by atoms with Crippen molar-refractivity contribution in [1.82, 2.24) is 15.0 Å². The lowest BCUT2D eigenvalue weighted by Gasteiger charge is -2.11. The lowest BCUT2D eigenvalue weighted by atomic mass is 10.3. The van der Waals surface area contributed by atoms with Crippen molar-refractivity contribution in [1.29, 1.82) is 0 Å². The number of nitrogens with one attached hydrogen (secondary N) is 1. The highest BCUT2D eigenvalue weighted by Gasteiger charge is 2.22. The predicted molar refractivity (Wildman–Crippen MR) is 95.0 cm³/mol. The van der Waals surface area contributed by atoms with Gasteiger partial charge in [0.2, 0.25) is 0 Å². The molecular formula is C15H12Cl2N4O3S. The summed E-state index contributed by atoms with van der Waals surface area (Å²) >= 11 is 11.6. The predicted octanol–water partition coefficient (Wildman–Crippen LogP) is 3.39. The van der Waals surface area contributed by atoms with E-state index in [0.29, 0.717) is 5.69 Å². The van der Waals surface area contributed by atoms with E-state index in [0.717, 1.165) is 11.8 Å². The van der Waals surface area contributed by atoms with Crippen molar-refractivity contribution in [2.24, 2.45) is 0 Å². The van der Waals surface area contributed by atoms with E-state index in [2.05, 4.69) is 14.9 Å². The van der Waals surface area contributed by atoms with Crippen LogP contribution in [-0.2, 0) is 10.0 Å². The van der Waals surface area contributed by atoms with Crippen LogP contribution in [0.4, 0.5) is 5.69 Å². The molecule has 7 nitrogen and oxygen atoms in total. The monoisotopic (exact) mass is 398 g/mol. The SMILES string of the molecule is Cc1cnn(-c2cccc(NS(=O)(=O)c3cc(Cl)cc(Cl)c3O)c2)n1. The molecule has 10 heteroatoms. The molecule has 0 aliphatic rings. The molecule has 3 rings (SSSR count). The standard InChI is InChI=1S/C15H12Cl2N4O3S/c1-9-8-18-21(19-9)12-4-2-3-11(7-12)20-25(23,24)14-6-10(16)5-13(17)15(14)22/h2-8,20,22H,1H3. The first-order valence-corrected chi connectivity index (χ1v) is 9.20. The van der Waals surface area contributed by atoms with Crippen molar-refractivity contribution in [2.75, 3.05) is 4.72 Å². The molecule has 1 aromatic heterocycles. The summed E-state index contributed by atoms with van der Waals surface area (Å²) in [6.45, 7) is 1.79.